The molecule has 0 unspecified atom stereocenters. The summed E-state index contributed by atoms with van der Waals surface area (Å²) in [6.45, 7) is 27.1. The van der Waals surface area contributed by atoms with Crippen molar-refractivity contribution in [2.24, 2.45) is 5.41 Å². The summed E-state index contributed by atoms with van der Waals surface area (Å²) in [5.41, 5.74) is 5.06. The van der Waals surface area contributed by atoms with Crippen molar-refractivity contribution in [1.29, 1.82) is 0 Å². The van der Waals surface area contributed by atoms with Crippen molar-refractivity contribution in [2.45, 2.75) is 73.9 Å². The van der Waals surface area contributed by atoms with Crippen molar-refractivity contribution in [1.82, 2.24) is 2.71 Å². The van der Waals surface area contributed by atoms with Crippen LogP contribution in [0.5, 0.6) is 0 Å². The zero-order chi connectivity index (χ0) is 16.1. The average molecular weight is 416 g/mol. The van der Waals surface area contributed by atoms with Gasteiger partial charge in [-0.2, -0.15) is 0 Å². The zero-order valence-corrected chi connectivity index (χ0v) is 21.5. The predicted molar refractivity (Wildman–Crippen MR) is 108 cm³/mol. The van der Waals surface area contributed by atoms with E-state index in [9.17, 15) is 0 Å². The van der Waals surface area contributed by atoms with Gasteiger partial charge < -0.3 is 0 Å². The molecule has 0 N–H and O–H groups in total. The number of nitrogens with zero attached hydrogens (tertiary/aromatic N) is 1. The van der Waals surface area contributed by atoms with Gasteiger partial charge in [0, 0.05) is 0 Å². The minimum Gasteiger partial charge on any atom is -0.147 e. The Morgan fingerprint density at radius 2 is 1.14 bits per heavy atom. The second kappa shape index (κ2) is 8.03. The molecule has 0 saturated heterocycles. The molecule has 0 fully saturated rings. The summed E-state index contributed by atoms with van der Waals surface area (Å²) in [5.74, 6) is 0. The number of hydrogen-bond acceptors (Lipinski definition) is 1. The summed E-state index contributed by atoms with van der Waals surface area (Å²) in [6, 6.07) is 0. The second-order valence-corrected chi connectivity index (χ2v) is 21.9. The maximum atomic E-state index is 3.03. The van der Waals surface area contributed by atoms with Crippen LogP contribution in [-0.4, -0.2) is 19.2 Å². The van der Waals surface area contributed by atoms with Crippen molar-refractivity contribution >= 4 is 41.3 Å². The van der Waals surface area contributed by atoms with Gasteiger partial charge >= 0.3 is 139 Å². The first-order valence-corrected chi connectivity index (χ1v) is 16.0. The van der Waals surface area contributed by atoms with Gasteiger partial charge in [-0.3, -0.25) is 0 Å². The fourth-order valence-electron chi connectivity index (χ4n) is 3.27. The van der Waals surface area contributed by atoms with Crippen LogP contribution in [0.2, 0.25) is 39.3 Å². The van der Waals surface area contributed by atoms with E-state index in [4.69, 9.17) is 0 Å². The van der Waals surface area contributed by atoms with Gasteiger partial charge in [0.2, 0.25) is 0 Å². The summed E-state index contributed by atoms with van der Waals surface area (Å²) in [4.78, 5) is 0. The average Bonchev–Trinajstić information content (AvgIpc) is 2.35. The second-order valence-electron chi connectivity index (χ2n) is 8.66. The van der Waals surface area contributed by atoms with Crippen molar-refractivity contribution in [3.63, 3.8) is 0 Å². The molecule has 22 heavy (non-hydrogen) atoms. The van der Waals surface area contributed by atoms with Crippen molar-refractivity contribution < 1.29 is 19.4 Å². The van der Waals surface area contributed by atoms with Gasteiger partial charge in [0.1, 0.15) is 0 Å². The third-order valence-electron chi connectivity index (χ3n) is 4.63. The van der Waals surface area contributed by atoms with Crippen LogP contribution in [0.25, 0.3) is 0 Å². The Morgan fingerprint density at radius 3 is 1.36 bits per heavy atom. The van der Waals surface area contributed by atoms with Gasteiger partial charge in [-0.25, -0.2) is 0 Å². The zero-order valence-electron chi connectivity index (χ0n) is 16.3. The molecule has 0 heterocycles. The van der Waals surface area contributed by atoms with Crippen LogP contribution in [0.4, 0.5) is 0 Å². The van der Waals surface area contributed by atoms with E-state index in [1.165, 1.54) is 0 Å². The van der Waals surface area contributed by atoms with Crippen LogP contribution < -0.4 is 0 Å². The summed E-state index contributed by atoms with van der Waals surface area (Å²) in [7, 11) is -2.46. The number of rotatable bonds is 4. The van der Waals surface area contributed by atoms with E-state index in [0.717, 1.165) is 0 Å². The Labute approximate surface area is 162 Å². The number of halogens is 2. The van der Waals surface area contributed by atoms with E-state index in [0.29, 0.717) is 5.41 Å². The molecule has 0 atom stereocenters. The van der Waals surface area contributed by atoms with E-state index in [1.54, 1.807) is 20.6 Å². The molecule has 1 nitrogen and oxygen atoms in total. The third kappa shape index (κ3) is 5.08. The Bertz CT molecular complexity index is 458. The molecule has 1 aliphatic rings. The molecular weight excluding hydrogens is 381 g/mol. The maximum Gasteiger partial charge on any atom is -0.147 e. The smallest absolute Gasteiger partial charge is 0.147 e. The van der Waals surface area contributed by atoms with Gasteiger partial charge in [-0.15, -0.1) is 24.8 Å². The first-order chi connectivity index (χ1) is 8.70. The minimum absolute atomic E-state index is 0. The van der Waals surface area contributed by atoms with Gasteiger partial charge in [-0.05, 0) is 0 Å². The first-order valence-electron chi connectivity index (χ1n) is 7.67. The number of hydrogen-bond donors (Lipinski definition) is 0. The molecule has 1 aliphatic carbocycles. The molecule has 0 spiro atoms. The van der Waals surface area contributed by atoms with Crippen LogP contribution in [0.15, 0.2) is 20.6 Å². The van der Waals surface area contributed by atoms with Gasteiger partial charge in [-0.1, -0.05) is 0 Å². The molecule has 0 aromatic carbocycles. The summed E-state index contributed by atoms with van der Waals surface area (Å²) < 4.78 is 4.82. The topological polar surface area (TPSA) is 3.24 Å². The Morgan fingerprint density at radius 1 is 0.773 bits per heavy atom. The predicted octanol–water partition coefficient (Wildman–Crippen LogP) is 6.45. The van der Waals surface area contributed by atoms with Crippen LogP contribution in [0.3, 0.4) is 0 Å². The quantitative estimate of drug-likeness (QED) is 0.476. The molecular formula is C16H35Cl2NSi2Ti. The summed E-state index contributed by atoms with van der Waals surface area (Å²) in [6.07, 6.45) is 0. The molecule has 0 aromatic rings. The standard InChI is InChI=1S/C10H15.C6H18NSi2.2ClH.Ti/c1-7-6-10(4,5)9(3)8(7)2;1-8(2,3)7-9(4,5)6;;;/h1-5H3;1-6H3;2*1H;/q;-1;;;+1. The van der Waals surface area contributed by atoms with Crippen LogP contribution >= 0.6 is 24.8 Å². The molecule has 0 bridgehead atoms. The molecule has 0 radical (unpaired) electrons. The Kier molecular flexibility index (Phi) is 9.28. The fourth-order valence-corrected chi connectivity index (χ4v) is 17.7. The van der Waals surface area contributed by atoms with Crippen LogP contribution in [0, 0.1) is 5.41 Å². The molecule has 1 rings (SSSR count). The summed E-state index contributed by atoms with van der Waals surface area (Å²) >= 11 is -0.176. The third-order valence-corrected chi connectivity index (χ3v) is 20.8. The van der Waals surface area contributed by atoms with Crippen LogP contribution in [0.1, 0.15) is 34.6 Å². The van der Waals surface area contributed by atoms with E-state index >= 15 is 0 Å². The van der Waals surface area contributed by atoms with Crippen molar-refractivity contribution in [2.75, 3.05) is 0 Å². The van der Waals surface area contributed by atoms with Crippen molar-refractivity contribution in [3.05, 3.63) is 20.6 Å². The molecule has 0 aliphatic heterocycles. The molecule has 130 valence electrons. The SMILES string of the molecule is CC1=C(C)C(C)(C)[C]([Ti][N]([Si](C)(C)C)[Si](C)(C)C)=C1C.Cl.Cl. The molecule has 0 amide bonds. The molecule has 6 heteroatoms. The van der Waals surface area contributed by atoms with Gasteiger partial charge in [0.25, 0.3) is 0 Å². The van der Waals surface area contributed by atoms with Gasteiger partial charge in [0.15, 0.2) is 0 Å². The van der Waals surface area contributed by atoms with E-state index in [1.807, 2.05) is 0 Å². The molecule has 0 saturated carbocycles. The normalized spacial score (nSPS) is 18.4. The largest absolute Gasteiger partial charge is 0.147 e. The minimum atomic E-state index is -1.23. The van der Waals surface area contributed by atoms with E-state index in [-0.39, 0.29) is 44.2 Å². The number of allylic oxidation sites excluding steroid dienone is 4. The first kappa shape index (κ1) is 25.4. The van der Waals surface area contributed by atoms with Crippen LogP contribution in [-0.2, 0) is 19.4 Å². The fraction of sp³-hybridized carbons (Fsp3) is 0.750. The molecule has 0 aromatic heterocycles. The van der Waals surface area contributed by atoms with Gasteiger partial charge in [0.05, 0.1) is 0 Å². The Hall–Kier alpha value is 1.17. The van der Waals surface area contributed by atoms with E-state index < -0.39 is 16.5 Å². The monoisotopic (exact) mass is 415 g/mol. The van der Waals surface area contributed by atoms with E-state index in [2.05, 4.69) is 76.6 Å². The maximum absolute atomic E-state index is 3.03. The van der Waals surface area contributed by atoms with Crippen molar-refractivity contribution in [3.8, 4) is 0 Å². The Balaban J connectivity index is 0. The summed E-state index contributed by atoms with van der Waals surface area (Å²) in [5, 5.41) is 0.